The Kier molecular flexibility index (Phi) is 46.8. The van der Waals surface area contributed by atoms with Gasteiger partial charge in [-0.15, -0.1) is 0 Å². The Bertz CT molecular complexity index is 3950. The van der Waals surface area contributed by atoms with Crippen molar-refractivity contribution >= 4 is 113 Å². The second-order valence-corrected chi connectivity index (χ2v) is 28.3. The molecule has 0 aliphatic heterocycles. The highest BCUT2D eigenvalue weighted by Gasteiger charge is 2.38. The van der Waals surface area contributed by atoms with Crippen LogP contribution in [0.25, 0.3) is 0 Å². The first-order chi connectivity index (χ1) is 57.9. The molecule has 122 heavy (non-hydrogen) atoms. The van der Waals surface area contributed by atoms with Gasteiger partial charge in [-0.25, -0.2) is 14.8 Å². The number of hydrogen-bond donors (Lipinski definition) is 32. The number of H-pyrrole nitrogens is 2. The van der Waals surface area contributed by atoms with Crippen molar-refractivity contribution in [2.75, 3.05) is 45.9 Å². The number of carbonyl (C=O) groups is 16. The number of nitrogens with zero attached hydrogens (tertiary/aromatic N) is 2. The zero-order valence-electron chi connectivity index (χ0n) is 67.7. The molecule has 50 heteroatoms. The van der Waals surface area contributed by atoms with E-state index in [0.717, 1.165) is 6.92 Å². The lowest BCUT2D eigenvalue weighted by Gasteiger charge is -2.28. The molecule has 39 N–H and O–H groups in total. The minimum absolute atomic E-state index is 0.00292. The highest BCUT2D eigenvalue weighted by molar-refractivity contribution is 6.00. The SMILES string of the molecule is C[C@H](NC(=O)CNC(=O)[C@H](CC(=O)O)NC(=O)[C@@H](N)CCCNC(=N)N)C(=O)N[C@@H](CCCNC(=N)N)C(=O)N[C@@H](CO)C(=O)N[C@@H](CCCCN)C(=O)N[C@@H](CCCNC(=N)N)C(=O)N[C@@H](Cc1cnc[nH]1)C(=O)N[C@@H](CCC(N)=O)C(=O)N[C@@H](CCCCN)C(=O)N[C@@H](Cc1ccccc1)C(=O)N[C@H](C(=O)N[C@@H](Cc1cnc[nH]1)C(=O)O)[C@@H](C)O. The number of hydrogen-bond acceptors (Lipinski definition) is 26. The van der Waals surface area contributed by atoms with E-state index in [1.54, 1.807) is 30.3 Å². The molecule has 0 saturated carbocycles. The monoisotopic (exact) mass is 1720 g/mol. The zero-order chi connectivity index (χ0) is 91.0. The number of nitrogens with two attached hydrogens (primary N) is 7. The average Bonchev–Trinajstić information content (AvgIpc) is 1.07. The molecule has 14 atom stereocenters. The minimum atomic E-state index is -1.90. The number of benzene rings is 1. The van der Waals surface area contributed by atoms with Gasteiger partial charge in [-0.2, -0.15) is 0 Å². The number of aliphatic hydroxyl groups is 2. The third-order valence-electron chi connectivity index (χ3n) is 18.3. The molecule has 3 rings (SSSR count). The fourth-order valence-corrected chi connectivity index (χ4v) is 11.7. The molecule has 0 fully saturated rings. The minimum Gasteiger partial charge on any atom is -0.481 e. The smallest absolute Gasteiger partial charge is 0.326 e. The standard InChI is InChI=1S/C72H118N30O20/c1-37(91-54(106)33-88-59(111)50(30-55(107)108)97-58(110)42(75)15-10-24-85-70(77)78)57(109)92-45(18-11-25-86-71(79)80)63(115)101-52(34-103)67(119)95-43(16-6-8-22-73)60(112)94-46(19-12-26-87-72(81)82)62(114)99-49(28-40-31-83-35-89-40)65(117)96-47(20-21-53(76)105)64(116)93-44(17-7-9-23-74)61(113)98-48(27-39-13-4-3-5-14-39)66(118)102-56(38(2)104)68(120)100-51(69(121)122)29-41-32-84-36-90-41/h3-5,13-14,31-32,35-38,42-52,56,103-104H,6-12,15-30,33-34,73-75H2,1-2H3,(H2,76,105)(H,83,89)(H,84,90)(H,88,111)(H,91,106)(H,92,109)(H,93,116)(H,94,112)(H,95,119)(H,96,117)(H,97,110)(H,98,113)(H,99,114)(H,100,120)(H,101,115)(H,102,118)(H,107,108)(H,121,122)(H4,77,78,85)(H4,79,80,86)(H4,81,82,87)/t37-,38+,42-,43-,44-,45-,46-,47-,48-,49-,50-,51-,52-,56-/m0/s1. The summed E-state index contributed by atoms with van der Waals surface area (Å²) in [6.45, 7) is 0.609. The normalized spacial score (nSPS) is 14.4. The van der Waals surface area contributed by atoms with E-state index in [-0.39, 0.29) is 128 Å². The van der Waals surface area contributed by atoms with Gasteiger partial charge in [0, 0.05) is 69.1 Å². The van der Waals surface area contributed by atoms with E-state index in [1.807, 2.05) is 0 Å². The lowest BCUT2D eigenvalue weighted by atomic mass is 10.0. The lowest BCUT2D eigenvalue weighted by molar-refractivity contribution is -0.143. The van der Waals surface area contributed by atoms with Crippen LogP contribution in [0.1, 0.15) is 127 Å². The van der Waals surface area contributed by atoms with Crippen molar-refractivity contribution in [3.05, 3.63) is 72.3 Å². The molecule has 0 radical (unpaired) electrons. The van der Waals surface area contributed by atoms with E-state index in [0.29, 0.717) is 17.7 Å². The summed E-state index contributed by atoms with van der Waals surface area (Å²) in [4.78, 5) is 233. The zero-order valence-corrected chi connectivity index (χ0v) is 67.7. The highest BCUT2D eigenvalue weighted by Crippen LogP contribution is 2.14. The maximum Gasteiger partial charge on any atom is 0.326 e. The van der Waals surface area contributed by atoms with E-state index in [2.05, 4.69) is 105 Å². The Morgan fingerprint density at radius 1 is 0.426 bits per heavy atom. The van der Waals surface area contributed by atoms with Crippen LogP contribution in [0, 0.1) is 16.2 Å². The molecule has 0 bridgehead atoms. The van der Waals surface area contributed by atoms with E-state index in [1.165, 1.54) is 32.0 Å². The first-order valence-corrected chi connectivity index (χ1v) is 39.2. The maximum absolute atomic E-state index is 14.9. The van der Waals surface area contributed by atoms with Crippen LogP contribution in [-0.4, -0.2) is 283 Å². The second-order valence-electron chi connectivity index (χ2n) is 28.3. The number of aliphatic hydroxyl groups excluding tert-OH is 2. The van der Waals surface area contributed by atoms with Crippen molar-refractivity contribution < 1.29 is 97.1 Å². The number of aromatic amines is 2. The Morgan fingerprint density at radius 2 is 0.811 bits per heavy atom. The van der Waals surface area contributed by atoms with Gasteiger partial charge < -0.3 is 156 Å². The molecule has 0 aliphatic carbocycles. The van der Waals surface area contributed by atoms with Crippen molar-refractivity contribution in [2.24, 2.45) is 40.1 Å². The summed E-state index contributed by atoms with van der Waals surface area (Å²) in [5.74, 6) is -19.0. The number of aliphatic carboxylic acids is 2. The number of aromatic nitrogens is 4. The van der Waals surface area contributed by atoms with Gasteiger partial charge >= 0.3 is 11.9 Å². The number of carboxylic acids is 2. The fraction of sp³-hybridized carbons (Fsp3) is 0.569. The summed E-state index contributed by atoms with van der Waals surface area (Å²) in [7, 11) is 0. The van der Waals surface area contributed by atoms with Gasteiger partial charge in [0.2, 0.25) is 82.7 Å². The summed E-state index contributed by atoms with van der Waals surface area (Å²) in [6, 6.07) is -12.9. The molecule has 2 aromatic heterocycles. The highest BCUT2D eigenvalue weighted by atomic mass is 16.4. The van der Waals surface area contributed by atoms with E-state index >= 15 is 0 Å². The molecule has 0 unspecified atom stereocenters. The molecule has 0 aliphatic rings. The molecule has 0 saturated heterocycles. The summed E-state index contributed by atoms with van der Waals surface area (Å²) in [6.07, 6.45) is 0.793. The van der Waals surface area contributed by atoms with Crippen LogP contribution in [0.5, 0.6) is 0 Å². The fourth-order valence-electron chi connectivity index (χ4n) is 11.7. The average molecular weight is 1720 g/mol. The molecular formula is C72H118N30O20. The van der Waals surface area contributed by atoms with Crippen molar-refractivity contribution in [1.29, 1.82) is 16.2 Å². The number of imidazole rings is 2. The number of carbonyl (C=O) groups excluding carboxylic acids is 14. The Morgan fingerprint density at radius 3 is 1.23 bits per heavy atom. The number of unbranched alkanes of at least 4 members (excludes halogenated alkanes) is 2. The quantitative estimate of drug-likeness (QED) is 0.0142. The Hall–Kier alpha value is -13.2. The molecule has 0 spiro atoms. The number of guanidine groups is 3. The summed E-state index contributed by atoms with van der Waals surface area (Å²) in [5, 5.41) is 102. The molecule has 14 amide bonds. The number of rotatable bonds is 60. The van der Waals surface area contributed by atoms with Crippen LogP contribution >= 0.6 is 0 Å². The number of primary amides is 1. The summed E-state index contributed by atoms with van der Waals surface area (Å²) >= 11 is 0. The molecule has 3 aromatic rings. The van der Waals surface area contributed by atoms with Crippen LogP contribution in [0.4, 0.5) is 0 Å². The van der Waals surface area contributed by atoms with Gasteiger partial charge in [0.05, 0.1) is 44.4 Å². The molecule has 1 aromatic carbocycles. The van der Waals surface area contributed by atoms with Gasteiger partial charge in [-0.1, -0.05) is 30.3 Å². The largest absolute Gasteiger partial charge is 0.481 e. The van der Waals surface area contributed by atoms with Crippen LogP contribution in [0.3, 0.4) is 0 Å². The number of nitrogens with one attached hydrogen (secondary N) is 21. The van der Waals surface area contributed by atoms with Gasteiger partial charge in [-0.3, -0.25) is 88.1 Å². The molecule has 50 nitrogen and oxygen atoms in total. The van der Waals surface area contributed by atoms with E-state index in [9.17, 15) is 97.1 Å². The first kappa shape index (κ1) is 103. The Labute approximate surface area is 700 Å². The Balaban J connectivity index is 1.95. The number of carboxylic acid groups (broad SMARTS) is 2. The van der Waals surface area contributed by atoms with Crippen molar-refractivity contribution in [1.82, 2.24) is 105 Å². The van der Waals surface area contributed by atoms with E-state index in [4.69, 9.17) is 56.4 Å². The second kappa shape index (κ2) is 55.5. The summed E-state index contributed by atoms with van der Waals surface area (Å²) < 4.78 is 0. The molecule has 2 heterocycles. The van der Waals surface area contributed by atoms with Crippen LogP contribution in [0.2, 0.25) is 0 Å². The predicted octanol–water partition coefficient (Wildman–Crippen LogP) is -11.3. The number of amides is 14. The lowest BCUT2D eigenvalue weighted by Crippen LogP contribution is -2.62. The van der Waals surface area contributed by atoms with Gasteiger partial charge in [0.1, 0.15) is 72.5 Å². The van der Waals surface area contributed by atoms with Crippen LogP contribution < -0.4 is 125 Å². The topological polar surface area (TPSA) is 858 Å². The van der Waals surface area contributed by atoms with Crippen LogP contribution in [-0.2, 0) is 96.0 Å². The third-order valence-corrected chi connectivity index (χ3v) is 18.3. The van der Waals surface area contributed by atoms with Crippen molar-refractivity contribution in [3.8, 4) is 0 Å². The summed E-state index contributed by atoms with van der Waals surface area (Å²) in [5.41, 5.74) is 40.4. The van der Waals surface area contributed by atoms with Gasteiger partial charge in [0.15, 0.2) is 17.9 Å². The van der Waals surface area contributed by atoms with E-state index < -0.39 is 230 Å². The van der Waals surface area contributed by atoms with Crippen molar-refractivity contribution in [3.63, 3.8) is 0 Å². The van der Waals surface area contributed by atoms with Gasteiger partial charge in [0.25, 0.3) is 0 Å². The van der Waals surface area contributed by atoms with Crippen LogP contribution in [0.15, 0.2) is 55.4 Å². The third kappa shape index (κ3) is 40.5. The first-order valence-electron chi connectivity index (χ1n) is 39.2. The van der Waals surface area contributed by atoms with Gasteiger partial charge in [-0.05, 0) is 116 Å². The molecular weight excluding hydrogens is 1600 g/mol. The van der Waals surface area contributed by atoms with Crippen molar-refractivity contribution in [2.45, 2.75) is 214 Å². The predicted molar refractivity (Wildman–Crippen MR) is 435 cm³/mol. The maximum atomic E-state index is 14.9. The molecule has 676 valence electrons.